The van der Waals surface area contributed by atoms with E-state index in [2.05, 4.69) is 5.32 Å². The van der Waals surface area contributed by atoms with Crippen LogP contribution >= 0.6 is 12.4 Å². The molecule has 1 heterocycles. The SMILES string of the molecule is COc1ccc(F)cc1C(=O)N(C)C1CCNC1.Cl. The van der Waals surface area contributed by atoms with Crippen molar-refractivity contribution >= 4 is 18.3 Å². The predicted molar refractivity (Wildman–Crippen MR) is 73.6 cm³/mol. The molecule has 2 rings (SSSR count). The van der Waals surface area contributed by atoms with E-state index in [1.54, 1.807) is 11.9 Å². The molecule has 1 unspecified atom stereocenters. The average Bonchev–Trinajstić information content (AvgIpc) is 2.90. The molecule has 0 radical (unpaired) electrons. The van der Waals surface area contributed by atoms with Gasteiger partial charge in [0.2, 0.25) is 0 Å². The monoisotopic (exact) mass is 288 g/mol. The number of methoxy groups -OCH3 is 1. The van der Waals surface area contributed by atoms with Crippen LogP contribution < -0.4 is 10.1 Å². The molecule has 1 saturated heterocycles. The summed E-state index contributed by atoms with van der Waals surface area (Å²) in [6, 6.07) is 4.14. The van der Waals surface area contributed by atoms with Crippen LogP contribution in [-0.4, -0.2) is 44.1 Å². The van der Waals surface area contributed by atoms with Gasteiger partial charge in [0.1, 0.15) is 11.6 Å². The van der Waals surface area contributed by atoms with Crippen molar-refractivity contribution in [2.75, 3.05) is 27.2 Å². The molecule has 0 bridgehead atoms. The van der Waals surface area contributed by atoms with Crippen LogP contribution in [0.5, 0.6) is 5.75 Å². The maximum absolute atomic E-state index is 13.2. The number of carbonyl (C=O) groups is 1. The summed E-state index contributed by atoms with van der Waals surface area (Å²) in [4.78, 5) is 14.0. The van der Waals surface area contributed by atoms with Gasteiger partial charge >= 0.3 is 0 Å². The number of nitrogens with one attached hydrogen (secondary N) is 1. The first-order valence-electron chi connectivity index (χ1n) is 5.95. The highest BCUT2D eigenvalue weighted by atomic mass is 35.5. The van der Waals surface area contributed by atoms with Crippen molar-refractivity contribution in [3.05, 3.63) is 29.6 Å². The summed E-state index contributed by atoms with van der Waals surface area (Å²) in [6.07, 6.45) is 0.917. The van der Waals surface area contributed by atoms with Crippen LogP contribution in [0.1, 0.15) is 16.8 Å². The first-order valence-corrected chi connectivity index (χ1v) is 5.95. The summed E-state index contributed by atoms with van der Waals surface area (Å²) >= 11 is 0. The van der Waals surface area contributed by atoms with Crippen molar-refractivity contribution in [2.24, 2.45) is 0 Å². The number of rotatable bonds is 3. The van der Waals surface area contributed by atoms with Crippen molar-refractivity contribution in [3.8, 4) is 5.75 Å². The molecule has 0 aromatic heterocycles. The molecule has 106 valence electrons. The third kappa shape index (κ3) is 3.36. The standard InChI is InChI=1S/C13H17FN2O2.ClH/c1-16(10-5-6-15-8-10)13(17)11-7-9(14)3-4-12(11)18-2;/h3-4,7,10,15H,5-6,8H2,1-2H3;1H. The van der Waals surface area contributed by atoms with Crippen molar-refractivity contribution in [1.82, 2.24) is 10.2 Å². The minimum absolute atomic E-state index is 0. The number of likely N-dealkylation sites (N-methyl/N-ethyl adjacent to an activating group) is 1. The molecule has 1 aromatic rings. The van der Waals surface area contributed by atoms with E-state index in [0.717, 1.165) is 19.5 Å². The van der Waals surface area contributed by atoms with E-state index in [1.807, 2.05) is 0 Å². The summed E-state index contributed by atoms with van der Waals surface area (Å²) in [6.45, 7) is 1.68. The first kappa shape index (κ1) is 15.7. The van der Waals surface area contributed by atoms with Gasteiger partial charge in [-0.3, -0.25) is 4.79 Å². The van der Waals surface area contributed by atoms with E-state index < -0.39 is 5.82 Å². The highest BCUT2D eigenvalue weighted by molar-refractivity contribution is 5.97. The van der Waals surface area contributed by atoms with E-state index >= 15 is 0 Å². The van der Waals surface area contributed by atoms with Crippen LogP contribution in [-0.2, 0) is 0 Å². The number of carbonyl (C=O) groups excluding carboxylic acids is 1. The quantitative estimate of drug-likeness (QED) is 0.920. The van der Waals surface area contributed by atoms with Gasteiger partial charge in [-0.1, -0.05) is 0 Å². The Morgan fingerprint density at radius 3 is 2.84 bits per heavy atom. The van der Waals surface area contributed by atoms with E-state index in [0.29, 0.717) is 5.75 Å². The fraction of sp³-hybridized carbons (Fsp3) is 0.462. The highest BCUT2D eigenvalue weighted by Gasteiger charge is 2.26. The highest BCUT2D eigenvalue weighted by Crippen LogP contribution is 2.22. The van der Waals surface area contributed by atoms with Crippen LogP contribution in [0.4, 0.5) is 4.39 Å². The Morgan fingerprint density at radius 1 is 1.53 bits per heavy atom. The number of hydrogen-bond donors (Lipinski definition) is 1. The van der Waals surface area contributed by atoms with E-state index in [-0.39, 0.29) is 29.9 Å². The Hall–Kier alpha value is -1.33. The second kappa shape index (κ2) is 6.73. The van der Waals surface area contributed by atoms with Gasteiger partial charge in [0.05, 0.1) is 12.7 Å². The van der Waals surface area contributed by atoms with E-state index in [1.165, 1.54) is 25.3 Å². The van der Waals surface area contributed by atoms with Crippen LogP contribution in [0.2, 0.25) is 0 Å². The zero-order valence-corrected chi connectivity index (χ0v) is 11.8. The normalized spacial score (nSPS) is 17.7. The number of nitrogens with zero attached hydrogens (tertiary/aromatic N) is 1. The third-order valence-corrected chi connectivity index (χ3v) is 3.29. The van der Waals surface area contributed by atoms with E-state index in [4.69, 9.17) is 4.74 Å². The van der Waals surface area contributed by atoms with Gasteiger partial charge in [-0.05, 0) is 31.2 Å². The fourth-order valence-corrected chi connectivity index (χ4v) is 2.17. The Labute approximate surface area is 118 Å². The third-order valence-electron chi connectivity index (χ3n) is 3.29. The molecule has 1 N–H and O–H groups in total. The summed E-state index contributed by atoms with van der Waals surface area (Å²) in [5, 5.41) is 3.20. The zero-order chi connectivity index (χ0) is 13.1. The van der Waals surface area contributed by atoms with Gasteiger partial charge < -0.3 is 15.0 Å². The molecule has 4 nitrogen and oxygen atoms in total. The lowest BCUT2D eigenvalue weighted by Crippen LogP contribution is -2.38. The molecule has 1 atom stereocenters. The Kier molecular flexibility index (Phi) is 5.57. The van der Waals surface area contributed by atoms with Crippen LogP contribution in [0.15, 0.2) is 18.2 Å². The predicted octanol–water partition coefficient (Wildman–Crippen LogP) is 1.69. The maximum atomic E-state index is 13.2. The lowest BCUT2D eigenvalue weighted by molar-refractivity contribution is 0.0740. The molecule has 1 amide bonds. The van der Waals surface area contributed by atoms with Crippen LogP contribution in [0, 0.1) is 5.82 Å². The maximum Gasteiger partial charge on any atom is 0.257 e. The Bertz CT molecular complexity index is 450. The lowest BCUT2D eigenvalue weighted by Gasteiger charge is -2.24. The van der Waals surface area contributed by atoms with Gasteiger partial charge in [-0.25, -0.2) is 4.39 Å². The van der Waals surface area contributed by atoms with Gasteiger partial charge in [0.25, 0.3) is 5.91 Å². The second-order valence-electron chi connectivity index (χ2n) is 4.41. The van der Waals surface area contributed by atoms with Crippen molar-refractivity contribution in [3.63, 3.8) is 0 Å². The van der Waals surface area contributed by atoms with Gasteiger partial charge in [0.15, 0.2) is 0 Å². The minimum atomic E-state index is -0.433. The molecule has 0 spiro atoms. The number of ether oxygens (including phenoxy) is 1. The number of amides is 1. The summed E-state index contributed by atoms with van der Waals surface area (Å²) in [5.41, 5.74) is 0.270. The van der Waals surface area contributed by atoms with Crippen LogP contribution in [0.25, 0.3) is 0 Å². The number of hydrogen-bond acceptors (Lipinski definition) is 3. The lowest BCUT2D eigenvalue weighted by atomic mass is 10.1. The molecule has 0 aliphatic carbocycles. The molecular formula is C13H18ClFN2O2. The smallest absolute Gasteiger partial charge is 0.257 e. The molecular weight excluding hydrogens is 271 g/mol. The van der Waals surface area contributed by atoms with Crippen molar-refractivity contribution < 1.29 is 13.9 Å². The number of benzene rings is 1. The average molecular weight is 289 g/mol. The zero-order valence-electron chi connectivity index (χ0n) is 11.0. The number of halogens is 2. The van der Waals surface area contributed by atoms with E-state index in [9.17, 15) is 9.18 Å². The molecule has 6 heteroatoms. The molecule has 0 saturated carbocycles. The molecule has 1 aliphatic heterocycles. The minimum Gasteiger partial charge on any atom is -0.496 e. The van der Waals surface area contributed by atoms with Gasteiger partial charge in [0, 0.05) is 19.6 Å². The molecule has 1 aliphatic rings. The molecule has 19 heavy (non-hydrogen) atoms. The first-order chi connectivity index (χ1) is 8.63. The van der Waals surface area contributed by atoms with Gasteiger partial charge in [-0.15, -0.1) is 12.4 Å². The van der Waals surface area contributed by atoms with Crippen molar-refractivity contribution in [2.45, 2.75) is 12.5 Å². The molecule has 1 fully saturated rings. The van der Waals surface area contributed by atoms with Crippen LogP contribution in [0.3, 0.4) is 0 Å². The summed E-state index contributed by atoms with van der Waals surface area (Å²) < 4.78 is 18.4. The Morgan fingerprint density at radius 2 is 2.26 bits per heavy atom. The molecule has 1 aromatic carbocycles. The van der Waals surface area contributed by atoms with Gasteiger partial charge in [-0.2, -0.15) is 0 Å². The second-order valence-corrected chi connectivity index (χ2v) is 4.41. The largest absolute Gasteiger partial charge is 0.496 e. The summed E-state index contributed by atoms with van der Waals surface area (Å²) in [5.74, 6) is -0.239. The fourth-order valence-electron chi connectivity index (χ4n) is 2.17. The van der Waals surface area contributed by atoms with Crippen molar-refractivity contribution in [1.29, 1.82) is 0 Å². The summed E-state index contributed by atoms with van der Waals surface area (Å²) in [7, 11) is 3.21. The topological polar surface area (TPSA) is 41.6 Å². The Balaban J connectivity index is 0.00000180.